The van der Waals surface area contributed by atoms with Gasteiger partial charge in [0.05, 0.1) is 0 Å². The molecule has 1 aromatic rings. The van der Waals surface area contributed by atoms with Crippen LogP contribution in [0.1, 0.15) is 78.4 Å². The molecule has 0 amide bonds. The molecule has 4 nitrogen and oxygen atoms in total. The highest BCUT2D eigenvalue weighted by Crippen LogP contribution is 2.35. The van der Waals surface area contributed by atoms with E-state index >= 15 is 0 Å². The second kappa shape index (κ2) is 7.74. The van der Waals surface area contributed by atoms with Gasteiger partial charge in [0.25, 0.3) is 0 Å². The molecule has 1 unspecified atom stereocenters. The van der Waals surface area contributed by atoms with Crippen LogP contribution in [0.4, 0.5) is 5.82 Å². The Kier molecular flexibility index (Phi) is 6.59. The Hall–Kier alpha value is -1.16. The lowest BCUT2D eigenvalue weighted by atomic mass is 9.88. The summed E-state index contributed by atoms with van der Waals surface area (Å²) in [6.45, 7) is 16.5. The minimum atomic E-state index is -0.0941. The number of hydrogen-bond acceptors (Lipinski definition) is 4. The summed E-state index contributed by atoms with van der Waals surface area (Å²) < 4.78 is 5.93. The second-order valence-corrected chi connectivity index (χ2v) is 6.82. The zero-order valence-electron chi connectivity index (χ0n) is 14.7. The summed E-state index contributed by atoms with van der Waals surface area (Å²) in [6, 6.07) is 2.05. The van der Waals surface area contributed by atoms with Crippen molar-refractivity contribution in [1.29, 1.82) is 0 Å². The van der Waals surface area contributed by atoms with E-state index in [0.29, 0.717) is 12.5 Å². The standard InChI is InChI=1S/C17H31N3O/c1-8-10-18-14-11-13(12(3)4)19-16(20-14)15(21-9-2)17(5,6)7/h11-12,15H,8-10H2,1-7H3,(H,18,19,20). The third-order valence-electron chi connectivity index (χ3n) is 3.27. The summed E-state index contributed by atoms with van der Waals surface area (Å²) in [7, 11) is 0. The van der Waals surface area contributed by atoms with E-state index in [9.17, 15) is 0 Å². The maximum Gasteiger partial charge on any atom is 0.160 e. The molecule has 0 spiro atoms. The van der Waals surface area contributed by atoms with Gasteiger partial charge in [-0.2, -0.15) is 0 Å². The third-order valence-corrected chi connectivity index (χ3v) is 3.27. The van der Waals surface area contributed by atoms with Crippen LogP contribution < -0.4 is 5.32 Å². The molecule has 0 bridgehead atoms. The van der Waals surface area contributed by atoms with Crippen molar-refractivity contribution in [3.05, 3.63) is 17.6 Å². The first kappa shape index (κ1) is 17.9. The summed E-state index contributed by atoms with van der Waals surface area (Å²) in [5.41, 5.74) is 1.03. The molecule has 0 saturated carbocycles. The number of ether oxygens (including phenoxy) is 1. The highest BCUT2D eigenvalue weighted by atomic mass is 16.5. The van der Waals surface area contributed by atoms with Gasteiger partial charge in [0.15, 0.2) is 5.82 Å². The van der Waals surface area contributed by atoms with Gasteiger partial charge in [0.2, 0.25) is 0 Å². The van der Waals surface area contributed by atoms with E-state index in [4.69, 9.17) is 14.7 Å². The highest BCUT2D eigenvalue weighted by Gasteiger charge is 2.30. The van der Waals surface area contributed by atoms with Crippen molar-refractivity contribution in [2.45, 2.75) is 66.9 Å². The van der Waals surface area contributed by atoms with Crippen LogP contribution in [0.15, 0.2) is 6.07 Å². The van der Waals surface area contributed by atoms with Crippen molar-refractivity contribution >= 4 is 5.82 Å². The first-order valence-corrected chi connectivity index (χ1v) is 8.03. The fourth-order valence-corrected chi connectivity index (χ4v) is 2.12. The summed E-state index contributed by atoms with van der Waals surface area (Å²) in [5.74, 6) is 2.06. The van der Waals surface area contributed by atoms with Crippen molar-refractivity contribution in [2.75, 3.05) is 18.5 Å². The molecule has 0 saturated heterocycles. The highest BCUT2D eigenvalue weighted by molar-refractivity contribution is 5.37. The van der Waals surface area contributed by atoms with Crippen LogP contribution in [0.25, 0.3) is 0 Å². The minimum absolute atomic E-state index is 0.0341. The molecular weight excluding hydrogens is 262 g/mol. The molecule has 1 heterocycles. The molecule has 0 aliphatic rings. The van der Waals surface area contributed by atoms with Crippen LogP contribution in [0.2, 0.25) is 0 Å². The number of nitrogens with zero attached hydrogens (tertiary/aromatic N) is 2. The molecule has 120 valence electrons. The van der Waals surface area contributed by atoms with E-state index in [1.165, 1.54) is 0 Å². The predicted octanol–water partition coefficient (Wildman–Crippen LogP) is 4.55. The molecule has 4 heteroatoms. The Morgan fingerprint density at radius 2 is 1.86 bits per heavy atom. The summed E-state index contributed by atoms with van der Waals surface area (Å²) in [6.07, 6.45) is 0.980. The first-order valence-electron chi connectivity index (χ1n) is 8.03. The molecular formula is C17H31N3O. The Labute approximate surface area is 129 Å². The van der Waals surface area contributed by atoms with Gasteiger partial charge in [-0.3, -0.25) is 0 Å². The maximum atomic E-state index is 5.93. The van der Waals surface area contributed by atoms with Crippen LogP contribution in [0, 0.1) is 5.41 Å². The molecule has 1 rings (SSSR count). The number of aromatic nitrogens is 2. The largest absolute Gasteiger partial charge is 0.370 e. The quantitative estimate of drug-likeness (QED) is 0.801. The normalized spacial score (nSPS) is 13.5. The monoisotopic (exact) mass is 293 g/mol. The number of anilines is 1. The summed E-state index contributed by atoms with van der Waals surface area (Å²) >= 11 is 0. The van der Waals surface area contributed by atoms with Crippen molar-refractivity contribution < 1.29 is 4.74 Å². The molecule has 1 atom stereocenters. The minimum Gasteiger partial charge on any atom is -0.370 e. The van der Waals surface area contributed by atoms with E-state index in [-0.39, 0.29) is 11.5 Å². The van der Waals surface area contributed by atoms with Gasteiger partial charge in [-0.05, 0) is 24.7 Å². The summed E-state index contributed by atoms with van der Waals surface area (Å²) in [5, 5.41) is 3.37. The average molecular weight is 293 g/mol. The van der Waals surface area contributed by atoms with Crippen LogP contribution in [-0.2, 0) is 4.74 Å². The van der Waals surface area contributed by atoms with Crippen LogP contribution in [-0.4, -0.2) is 23.1 Å². The van der Waals surface area contributed by atoms with Gasteiger partial charge in [-0.15, -0.1) is 0 Å². The molecule has 1 aromatic heterocycles. The van der Waals surface area contributed by atoms with Crippen molar-refractivity contribution in [3.63, 3.8) is 0 Å². The van der Waals surface area contributed by atoms with Crippen molar-refractivity contribution in [3.8, 4) is 0 Å². The Morgan fingerprint density at radius 3 is 2.33 bits per heavy atom. The van der Waals surface area contributed by atoms with E-state index in [0.717, 1.165) is 30.3 Å². The Morgan fingerprint density at radius 1 is 1.19 bits per heavy atom. The van der Waals surface area contributed by atoms with Gasteiger partial charge in [0.1, 0.15) is 11.9 Å². The Balaban J connectivity index is 3.21. The fraction of sp³-hybridized carbons (Fsp3) is 0.765. The van der Waals surface area contributed by atoms with Crippen LogP contribution in [0.5, 0.6) is 0 Å². The van der Waals surface area contributed by atoms with E-state index in [2.05, 4.69) is 52.9 Å². The van der Waals surface area contributed by atoms with Crippen LogP contribution in [0.3, 0.4) is 0 Å². The third kappa shape index (κ3) is 5.27. The predicted molar refractivity (Wildman–Crippen MR) is 88.7 cm³/mol. The van der Waals surface area contributed by atoms with Gasteiger partial charge in [-0.1, -0.05) is 41.5 Å². The molecule has 0 fully saturated rings. The SMILES string of the molecule is CCCNc1cc(C(C)C)nc(C(OCC)C(C)(C)C)n1. The fourth-order valence-electron chi connectivity index (χ4n) is 2.12. The zero-order valence-corrected chi connectivity index (χ0v) is 14.7. The number of rotatable bonds is 7. The smallest absolute Gasteiger partial charge is 0.160 e. The first-order chi connectivity index (χ1) is 9.79. The molecule has 0 radical (unpaired) electrons. The van der Waals surface area contributed by atoms with E-state index < -0.39 is 0 Å². The Bertz CT molecular complexity index is 438. The molecule has 0 aromatic carbocycles. The van der Waals surface area contributed by atoms with Crippen molar-refractivity contribution in [1.82, 2.24) is 9.97 Å². The van der Waals surface area contributed by atoms with Gasteiger partial charge in [0, 0.05) is 24.9 Å². The maximum absolute atomic E-state index is 5.93. The zero-order chi connectivity index (χ0) is 16.0. The lowest BCUT2D eigenvalue weighted by Gasteiger charge is -2.29. The average Bonchev–Trinajstić information content (AvgIpc) is 2.40. The van der Waals surface area contributed by atoms with Crippen molar-refractivity contribution in [2.24, 2.45) is 5.41 Å². The summed E-state index contributed by atoms with van der Waals surface area (Å²) in [4.78, 5) is 9.44. The van der Waals surface area contributed by atoms with Gasteiger partial charge >= 0.3 is 0 Å². The number of hydrogen-bond donors (Lipinski definition) is 1. The lowest BCUT2D eigenvalue weighted by Crippen LogP contribution is -2.24. The molecule has 1 N–H and O–H groups in total. The van der Waals surface area contributed by atoms with Crippen LogP contribution >= 0.6 is 0 Å². The van der Waals surface area contributed by atoms with E-state index in [1.807, 2.05) is 6.92 Å². The van der Waals surface area contributed by atoms with Gasteiger partial charge < -0.3 is 10.1 Å². The topological polar surface area (TPSA) is 47.0 Å². The van der Waals surface area contributed by atoms with E-state index in [1.54, 1.807) is 0 Å². The second-order valence-electron chi connectivity index (χ2n) is 6.82. The number of nitrogens with one attached hydrogen (secondary N) is 1. The molecule has 0 aliphatic carbocycles. The van der Waals surface area contributed by atoms with Gasteiger partial charge in [-0.25, -0.2) is 9.97 Å². The molecule has 0 aliphatic heterocycles. The lowest BCUT2D eigenvalue weighted by molar-refractivity contribution is -0.0191. The molecule has 21 heavy (non-hydrogen) atoms.